The van der Waals surface area contributed by atoms with Crippen molar-refractivity contribution in [3.63, 3.8) is 0 Å². The van der Waals surface area contributed by atoms with E-state index in [9.17, 15) is 64.8 Å². The minimum Gasteiger partial charge on any atom is -0.491 e. The molecule has 144 heavy (non-hydrogen) atoms. The number of aliphatic hydroxyl groups excluding tert-OH is 3. The molecular weight excluding hydrogens is 1980 g/mol. The van der Waals surface area contributed by atoms with Crippen LogP contribution in [-0.2, 0) is 85.7 Å². The molecule has 27 nitrogen and oxygen atoms in total. The van der Waals surface area contributed by atoms with Gasteiger partial charge in [0.15, 0.2) is 0 Å². The van der Waals surface area contributed by atoms with Gasteiger partial charge in [0, 0.05) is 12.5 Å². The summed E-state index contributed by atoms with van der Waals surface area (Å²) in [7, 11) is -15.8. The normalized spacial score (nSPS) is 18.0. The van der Waals surface area contributed by atoms with Gasteiger partial charge in [-0.05, 0) is 278 Å². The summed E-state index contributed by atoms with van der Waals surface area (Å²) in [6, 6.07) is 65.1. The summed E-state index contributed by atoms with van der Waals surface area (Å²) in [6.45, 7) is 2.74. The first-order chi connectivity index (χ1) is 69.4. The number of benzene rings is 10. The number of carbonyl (C=O) groups excluding carboxylic acids is 1. The Kier molecular flexibility index (Phi) is 50.1. The SMILES string of the molecule is C#C[C@@H]1CC[C@@H](COc2ccc(F)cc2)O1.CCOC(=O)/C=C/CC[C@H](COc1ccc(F)cc1)OS(=O)(=O)c1ccccc1.O=S(=O)(O[C@H](CC/C=C/CO)COc1ccc(F)cc1)c1ccccc1.O=S(=O)(O[C@H](CC[C@@H]1O[C@H]1CCl)COc1ccc(F)cc1)c1ccccc1.O=S(=O)(O[C@H](CC[C@@H]1O[C@H]1CO)COc1ccc(F)cc1)c1ccccc1.OCCC#C[C@@H]1CC[C@@H](COc2ccc(F)cc2)O1. The fourth-order valence-corrected chi connectivity index (χ4v) is 18.1. The number of aliphatic hydroxyl groups is 3. The second-order valence-electron chi connectivity index (χ2n) is 32.0. The van der Waals surface area contributed by atoms with Gasteiger partial charge in [-0.1, -0.05) is 109 Å². The zero-order valence-corrected chi connectivity index (χ0v) is 82.6. The maximum Gasteiger partial charge on any atom is 0.330 e. The van der Waals surface area contributed by atoms with Crippen LogP contribution in [0.1, 0.15) is 90.4 Å². The fourth-order valence-electron chi connectivity index (χ4n) is 13.4. The molecule has 0 bridgehead atoms. The highest BCUT2D eigenvalue weighted by molar-refractivity contribution is 7.87. The molecule has 10 aromatic rings. The van der Waals surface area contributed by atoms with Gasteiger partial charge in [0.1, 0.15) is 152 Å². The lowest BCUT2D eigenvalue weighted by atomic mass is 10.1. The van der Waals surface area contributed by atoms with Crippen molar-refractivity contribution < 1.29 is 149 Å². The monoisotopic (exact) mass is 2100 g/mol. The standard InChI is InChI=1S/C21H23FO6S.C19H20ClFO5S.C19H21FO6S.C19H21FO5S.C15H17FO3.C13H13FO2/c1-2-26-21(23)11-7-6-8-19(16-27-18-14-12-17(22)13-15-18)28-29(24,25)20-9-4-3-5-10-20;20-12-19-18(25-19)11-10-16(13-24-15-8-6-14(21)7-9-15)26-27(22,23)17-4-2-1-3-5-17;20-14-6-8-15(9-7-14)24-13-16(10-11-18-19(12-21)25-18)26-27(22,23)17-4-2-1-3-5-17;20-16-10-12-17(13-11-16)24-15-18(7-3-2-6-14-21)25-26(22,23)19-8-4-1-5-9-19;16-12-4-6-13(7-5-12)18-11-15-9-8-14(19-15)3-1-2-10-17;1-2-11-7-8-13(16-11)9-15-12-5-3-10(14)4-6-12/h3-5,7,9-15,19H,2,6,8,16H2,1H3;1-9,16,18-19H,10-13H2;1-9,16,18-19,21H,10-13H2;1-2,4-6,8-13,18,21H,3,7,14-15H2;4-7,14-15,17H,2,8-11H2;1,3-6,11,13H,7-9H2/b11-7+;;;6-2+;;/t19-;2*16-,18+,19+;18-;14-,15+;11-,13+/m111111/s1. The Bertz CT molecular complexity index is 5910. The third-order valence-corrected chi connectivity index (χ3v) is 26.8. The largest absolute Gasteiger partial charge is 0.491 e. The van der Waals surface area contributed by atoms with Crippen molar-refractivity contribution in [2.24, 2.45) is 0 Å². The smallest absolute Gasteiger partial charge is 0.330 e. The summed E-state index contributed by atoms with van der Waals surface area (Å²) in [5.74, 6) is 9.22. The lowest BCUT2D eigenvalue weighted by molar-refractivity contribution is -0.137. The van der Waals surface area contributed by atoms with Gasteiger partial charge in [-0.25, -0.2) is 31.1 Å². The van der Waals surface area contributed by atoms with Crippen LogP contribution in [-0.4, -0.2) is 200 Å². The average Bonchev–Trinajstić information content (AvgIpc) is 1.64. The van der Waals surface area contributed by atoms with Gasteiger partial charge in [0.2, 0.25) is 0 Å². The van der Waals surface area contributed by atoms with Gasteiger partial charge >= 0.3 is 5.97 Å². The van der Waals surface area contributed by atoms with Crippen molar-refractivity contribution in [3.8, 4) is 58.7 Å². The predicted octanol–water partition coefficient (Wildman–Crippen LogP) is 18.0. The molecule has 10 aromatic carbocycles. The molecule has 0 aromatic heterocycles. The minimum atomic E-state index is -3.99. The maximum atomic E-state index is 13.0. The third kappa shape index (κ3) is 44.5. The number of allylic oxidation sites excluding steroid dienone is 2. The van der Waals surface area contributed by atoms with Crippen LogP contribution in [0.5, 0.6) is 34.5 Å². The van der Waals surface area contributed by atoms with Crippen LogP contribution in [0.15, 0.2) is 311 Å². The molecule has 4 heterocycles. The van der Waals surface area contributed by atoms with E-state index < -0.39 is 76.7 Å². The van der Waals surface area contributed by atoms with Crippen LogP contribution in [0.25, 0.3) is 0 Å². The topological polar surface area (TPSA) is 359 Å². The molecule has 0 saturated carbocycles. The zero-order valence-electron chi connectivity index (χ0n) is 78.6. The van der Waals surface area contributed by atoms with Crippen molar-refractivity contribution in [3.05, 3.63) is 326 Å². The van der Waals surface area contributed by atoms with Crippen LogP contribution in [0.4, 0.5) is 26.3 Å². The summed E-state index contributed by atoms with van der Waals surface area (Å²) < 4.78 is 258. The number of hydrogen-bond donors (Lipinski definition) is 3. The predicted molar refractivity (Wildman–Crippen MR) is 524 cm³/mol. The summed E-state index contributed by atoms with van der Waals surface area (Å²) in [4.78, 5) is 11.6. The number of alkyl halides is 1. The highest BCUT2D eigenvalue weighted by atomic mass is 35.5. The van der Waals surface area contributed by atoms with Crippen molar-refractivity contribution in [1.82, 2.24) is 0 Å². The van der Waals surface area contributed by atoms with E-state index in [2.05, 4.69) is 17.8 Å². The summed E-state index contributed by atoms with van der Waals surface area (Å²) in [5.41, 5.74) is 0. The molecule has 774 valence electrons. The van der Waals surface area contributed by atoms with Gasteiger partial charge in [-0.3, -0.25) is 16.7 Å². The molecule has 4 aliphatic rings. The number of terminal acetylenes is 1. The summed E-state index contributed by atoms with van der Waals surface area (Å²) >= 11 is 5.74. The molecule has 0 unspecified atom stereocenters. The number of ether oxygens (including phenoxy) is 11. The fraction of sp³-hybridized carbons (Fsp3) is 0.349. The first-order valence-electron chi connectivity index (χ1n) is 46.1. The number of esters is 1. The molecule has 0 aliphatic carbocycles. The molecule has 14 rings (SSSR count). The number of carbonyl (C=O) groups is 1. The van der Waals surface area contributed by atoms with Crippen molar-refractivity contribution in [1.29, 1.82) is 0 Å². The van der Waals surface area contributed by atoms with E-state index >= 15 is 0 Å². The van der Waals surface area contributed by atoms with Crippen molar-refractivity contribution >= 4 is 58.0 Å². The van der Waals surface area contributed by atoms with Gasteiger partial charge in [0.05, 0.1) is 82.4 Å². The van der Waals surface area contributed by atoms with E-state index in [1.165, 1.54) is 176 Å². The first-order valence-corrected chi connectivity index (χ1v) is 52.3. The molecule has 4 aliphatic heterocycles. The Morgan fingerprint density at radius 2 is 0.701 bits per heavy atom. The maximum absolute atomic E-state index is 13.0. The Morgan fingerprint density at radius 3 is 0.993 bits per heavy atom. The summed E-state index contributed by atoms with van der Waals surface area (Å²) in [5, 5.41) is 26.4. The molecule has 4 fully saturated rings. The van der Waals surface area contributed by atoms with Crippen LogP contribution in [0, 0.1) is 59.1 Å². The van der Waals surface area contributed by atoms with Gasteiger partial charge in [-0.15, -0.1) is 18.0 Å². The number of epoxide rings is 2. The van der Waals surface area contributed by atoms with E-state index in [1.807, 2.05) is 0 Å². The Morgan fingerprint density at radius 1 is 0.396 bits per heavy atom. The third-order valence-electron chi connectivity index (χ3n) is 21.0. The van der Waals surface area contributed by atoms with Crippen molar-refractivity contribution in [2.45, 2.75) is 183 Å². The Hall–Kier alpha value is -11.7. The quantitative estimate of drug-likeness (QED) is 0.00466. The van der Waals surface area contributed by atoms with Crippen LogP contribution in [0.2, 0.25) is 0 Å². The second-order valence-corrected chi connectivity index (χ2v) is 38.6. The second kappa shape index (κ2) is 62.2. The first kappa shape index (κ1) is 116. The van der Waals surface area contributed by atoms with Gasteiger partial charge < -0.3 is 67.4 Å². The molecular formula is C106H115ClF6O27S4. The van der Waals surface area contributed by atoms with Crippen LogP contribution >= 0.6 is 11.6 Å². The molecule has 3 N–H and O–H groups in total. The van der Waals surface area contributed by atoms with Gasteiger partial charge in [-0.2, -0.15) is 33.7 Å². The van der Waals surface area contributed by atoms with E-state index in [-0.39, 0.29) is 157 Å². The van der Waals surface area contributed by atoms with E-state index in [1.54, 1.807) is 122 Å². The number of hydrogen-bond acceptors (Lipinski definition) is 27. The molecule has 38 heteroatoms. The molecule has 0 amide bonds. The average molecular weight is 2100 g/mol. The molecule has 0 spiro atoms. The Labute approximate surface area is 841 Å². The lowest BCUT2D eigenvalue weighted by Gasteiger charge is -2.18. The van der Waals surface area contributed by atoms with Gasteiger partial charge in [0.25, 0.3) is 40.5 Å². The highest BCUT2D eigenvalue weighted by Gasteiger charge is 2.40. The lowest BCUT2D eigenvalue weighted by Crippen LogP contribution is -2.26. The zero-order chi connectivity index (χ0) is 103. The van der Waals surface area contributed by atoms with Crippen molar-refractivity contribution in [2.75, 3.05) is 71.9 Å². The molecule has 0 radical (unpaired) electrons. The van der Waals surface area contributed by atoms with Crippen LogP contribution < -0.4 is 28.4 Å². The number of halogens is 7. The summed E-state index contributed by atoms with van der Waals surface area (Å²) in [6.07, 6.45) is 15.7. The van der Waals surface area contributed by atoms with E-state index in [0.29, 0.717) is 105 Å². The number of rotatable bonds is 48. The minimum absolute atomic E-state index is 0.00926. The molecule has 4 saturated heterocycles. The Balaban J connectivity index is 0.000000194. The molecule has 12 atom stereocenters. The van der Waals surface area contributed by atoms with E-state index in [0.717, 1.165) is 25.7 Å². The highest BCUT2D eigenvalue weighted by Crippen LogP contribution is 2.33. The van der Waals surface area contributed by atoms with E-state index in [4.69, 9.17) is 102 Å². The van der Waals surface area contributed by atoms with Crippen LogP contribution in [0.3, 0.4) is 0 Å².